The van der Waals surface area contributed by atoms with Crippen molar-refractivity contribution < 1.29 is 14.9 Å². The average molecular weight is 211 g/mol. The van der Waals surface area contributed by atoms with Crippen LogP contribution in [0.4, 0.5) is 0 Å². The summed E-state index contributed by atoms with van der Waals surface area (Å²) < 4.78 is 7.05. The Labute approximate surface area is 88.3 Å². The average Bonchev–Trinajstić information content (AvgIpc) is 2.82. The number of hydrogen-bond donors (Lipinski definition) is 2. The van der Waals surface area contributed by atoms with Gasteiger partial charge in [0.15, 0.2) is 0 Å². The van der Waals surface area contributed by atoms with Crippen LogP contribution in [0.25, 0.3) is 0 Å². The first-order chi connectivity index (χ1) is 7.10. The molecule has 82 valence electrons. The molecule has 1 aliphatic heterocycles. The van der Waals surface area contributed by atoms with Crippen molar-refractivity contribution >= 4 is 7.85 Å². The van der Waals surface area contributed by atoms with E-state index in [0.717, 1.165) is 0 Å². The highest BCUT2D eigenvalue weighted by Gasteiger charge is 2.52. The van der Waals surface area contributed by atoms with Gasteiger partial charge in [-0.15, -0.1) is 5.10 Å². The third-order valence-corrected chi connectivity index (χ3v) is 3.25. The predicted molar refractivity (Wildman–Crippen MR) is 54.0 cm³/mol. The van der Waals surface area contributed by atoms with E-state index in [1.165, 1.54) is 0 Å². The van der Waals surface area contributed by atoms with Crippen molar-refractivity contribution in [3.05, 3.63) is 12.4 Å². The molecule has 1 fully saturated rings. The van der Waals surface area contributed by atoms with E-state index in [-0.39, 0.29) is 12.6 Å². The molecular weight excluding hydrogens is 197 g/mol. The molecule has 0 radical (unpaired) electrons. The van der Waals surface area contributed by atoms with Crippen LogP contribution in [0, 0.1) is 0 Å². The maximum Gasteiger partial charge on any atom is 0.142 e. The monoisotopic (exact) mass is 211 g/mol. The van der Waals surface area contributed by atoms with Gasteiger partial charge in [0.1, 0.15) is 25.6 Å². The summed E-state index contributed by atoms with van der Waals surface area (Å²) >= 11 is 0. The fourth-order valence-electron chi connectivity index (χ4n) is 2.02. The number of aromatic nitrogens is 3. The molecule has 0 bridgehead atoms. The molecule has 2 N–H and O–H groups in total. The molecule has 2 heterocycles. The highest BCUT2D eigenvalue weighted by atomic mass is 16.5. The normalized spacial score (nSPS) is 40.9. The van der Waals surface area contributed by atoms with Crippen molar-refractivity contribution in [2.24, 2.45) is 0 Å². The molecule has 0 amide bonds. The summed E-state index contributed by atoms with van der Waals surface area (Å²) in [5.74, 6) is 0. The van der Waals surface area contributed by atoms with Crippen molar-refractivity contribution in [3.63, 3.8) is 0 Å². The zero-order valence-corrected chi connectivity index (χ0v) is 8.74. The second kappa shape index (κ2) is 3.59. The van der Waals surface area contributed by atoms with Crippen LogP contribution in [0.5, 0.6) is 0 Å². The number of rotatable bonds is 2. The van der Waals surface area contributed by atoms with Crippen LogP contribution >= 0.6 is 0 Å². The van der Waals surface area contributed by atoms with Gasteiger partial charge in [-0.2, -0.15) is 0 Å². The van der Waals surface area contributed by atoms with Crippen LogP contribution < -0.4 is 0 Å². The zero-order valence-electron chi connectivity index (χ0n) is 8.74. The third kappa shape index (κ3) is 1.38. The summed E-state index contributed by atoms with van der Waals surface area (Å²) in [7, 11) is 1.85. The van der Waals surface area contributed by atoms with Gasteiger partial charge in [0, 0.05) is 6.20 Å². The van der Waals surface area contributed by atoms with Gasteiger partial charge >= 0.3 is 0 Å². The Morgan fingerprint density at radius 3 is 2.87 bits per heavy atom. The van der Waals surface area contributed by atoms with Crippen LogP contribution in [0.15, 0.2) is 12.4 Å². The molecule has 7 heteroatoms. The van der Waals surface area contributed by atoms with Crippen molar-refractivity contribution in [2.75, 3.05) is 6.61 Å². The Hall–Kier alpha value is -0.915. The number of ether oxygens (including phenoxy) is 1. The van der Waals surface area contributed by atoms with E-state index in [9.17, 15) is 5.11 Å². The minimum atomic E-state index is -0.792. The SMILES string of the molecule is B[C@@H]1O[C@H](CO)[C@@H](O)[C@@]1(C)n1ccnn1. The fourth-order valence-corrected chi connectivity index (χ4v) is 2.02. The van der Waals surface area contributed by atoms with Gasteiger partial charge in [0.2, 0.25) is 0 Å². The van der Waals surface area contributed by atoms with Gasteiger partial charge in [-0.1, -0.05) is 5.21 Å². The number of aliphatic hydroxyl groups excluding tert-OH is 2. The van der Waals surface area contributed by atoms with Crippen LogP contribution in [0.3, 0.4) is 0 Å². The topological polar surface area (TPSA) is 80.4 Å². The molecule has 6 nitrogen and oxygen atoms in total. The Bertz CT molecular complexity index is 334. The predicted octanol–water partition coefficient (Wildman–Crippen LogP) is -2.30. The maximum absolute atomic E-state index is 10.1. The molecule has 15 heavy (non-hydrogen) atoms. The third-order valence-electron chi connectivity index (χ3n) is 3.25. The van der Waals surface area contributed by atoms with Crippen LogP contribution in [-0.2, 0) is 10.3 Å². The molecular formula is C8H14BN3O3. The maximum atomic E-state index is 10.1. The lowest BCUT2D eigenvalue weighted by atomic mass is 9.79. The first-order valence-corrected chi connectivity index (χ1v) is 4.92. The molecule has 2 rings (SSSR count). The van der Waals surface area contributed by atoms with E-state index < -0.39 is 17.7 Å². The summed E-state index contributed by atoms with van der Waals surface area (Å²) in [6.07, 6.45) is 1.88. The molecule has 1 aromatic heterocycles. The van der Waals surface area contributed by atoms with Crippen molar-refractivity contribution in [1.82, 2.24) is 15.0 Å². The summed E-state index contributed by atoms with van der Waals surface area (Å²) in [4.78, 5) is 0. The Morgan fingerprint density at radius 1 is 1.67 bits per heavy atom. The fraction of sp³-hybridized carbons (Fsp3) is 0.750. The van der Waals surface area contributed by atoms with E-state index in [4.69, 9.17) is 9.84 Å². The van der Waals surface area contributed by atoms with Crippen LogP contribution in [-0.4, -0.2) is 57.9 Å². The lowest BCUT2D eigenvalue weighted by Gasteiger charge is -2.30. The first kappa shape index (κ1) is 10.6. The smallest absolute Gasteiger partial charge is 0.142 e. The van der Waals surface area contributed by atoms with Gasteiger partial charge in [-0.05, 0) is 6.92 Å². The van der Waals surface area contributed by atoms with E-state index in [0.29, 0.717) is 0 Å². The van der Waals surface area contributed by atoms with Gasteiger partial charge in [0.05, 0.1) is 18.8 Å². The summed E-state index contributed by atoms with van der Waals surface area (Å²) in [6.45, 7) is 1.64. The van der Waals surface area contributed by atoms with Crippen LogP contribution in [0.1, 0.15) is 6.92 Å². The van der Waals surface area contributed by atoms with Crippen molar-refractivity contribution in [1.29, 1.82) is 0 Å². The molecule has 0 spiro atoms. The molecule has 1 saturated heterocycles. The molecule has 1 aliphatic rings. The first-order valence-electron chi connectivity index (χ1n) is 4.92. The minimum Gasteiger partial charge on any atom is -0.394 e. The second-order valence-electron chi connectivity index (χ2n) is 4.02. The second-order valence-corrected chi connectivity index (χ2v) is 4.02. The highest BCUT2D eigenvalue weighted by Crippen LogP contribution is 2.34. The van der Waals surface area contributed by atoms with E-state index in [1.807, 2.05) is 14.8 Å². The summed E-state index contributed by atoms with van der Waals surface area (Å²) in [6, 6.07) is -0.230. The lowest BCUT2D eigenvalue weighted by Crippen LogP contribution is -2.49. The van der Waals surface area contributed by atoms with Crippen LogP contribution in [0.2, 0.25) is 0 Å². The number of aliphatic hydroxyl groups is 2. The van der Waals surface area contributed by atoms with E-state index in [1.54, 1.807) is 17.1 Å². The molecule has 1 aromatic rings. The molecule has 0 aliphatic carbocycles. The highest BCUT2D eigenvalue weighted by molar-refractivity contribution is 6.12. The van der Waals surface area contributed by atoms with Gasteiger partial charge < -0.3 is 14.9 Å². The number of hydrogen-bond acceptors (Lipinski definition) is 5. The van der Waals surface area contributed by atoms with Crippen molar-refractivity contribution in [2.45, 2.75) is 30.7 Å². The Balaban J connectivity index is 2.35. The minimum absolute atomic E-state index is 0.199. The summed E-state index contributed by atoms with van der Waals surface area (Å²) in [5.41, 5.74) is -0.677. The standard InChI is InChI=1S/C8H14BN3O3/c1-8(12-3-2-10-11-12)6(14)5(4-13)15-7(8)9/h2-3,5-7,13-14H,4,9H2,1H3/t5-,6-,7-,8-/m1/s1. The largest absolute Gasteiger partial charge is 0.394 e. The molecule has 0 unspecified atom stereocenters. The summed E-state index contributed by atoms with van der Waals surface area (Å²) in [5, 5.41) is 26.7. The van der Waals surface area contributed by atoms with Gasteiger partial charge in [-0.25, -0.2) is 4.68 Å². The van der Waals surface area contributed by atoms with Crippen molar-refractivity contribution in [3.8, 4) is 0 Å². The molecule has 0 saturated carbocycles. The van der Waals surface area contributed by atoms with E-state index >= 15 is 0 Å². The number of nitrogens with zero attached hydrogens (tertiary/aromatic N) is 3. The van der Waals surface area contributed by atoms with E-state index in [2.05, 4.69) is 10.3 Å². The zero-order chi connectivity index (χ0) is 11.1. The lowest BCUT2D eigenvalue weighted by molar-refractivity contribution is -0.00791. The Kier molecular flexibility index (Phi) is 2.53. The molecule has 4 atom stereocenters. The van der Waals surface area contributed by atoms with Gasteiger partial charge in [0.25, 0.3) is 0 Å². The Morgan fingerprint density at radius 2 is 2.40 bits per heavy atom. The quantitative estimate of drug-likeness (QED) is 0.538. The van der Waals surface area contributed by atoms with Gasteiger partial charge in [-0.3, -0.25) is 0 Å². The molecule has 0 aromatic carbocycles.